The molecule has 0 saturated carbocycles. The molecule has 1 aliphatic rings. The van der Waals surface area contributed by atoms with Crippen LogP contribution in [0.3, 0.4) is 0 Å². The minimum atomic E-state index is 0.536. The fraction of sp³-hybridized carbons (Fsp3) is 0.643. The molecule has 0 N–H and O–H groups in total. The Kier molecular flexibility index (Phi) is 3.59. The number of likely N-dealkylation sites (tertiary alicyclic amines) is 1. The molecule has 1 fully saturated rings. The Bertz CT molecular complexity index is 346. The Morgan fingerprint density at radius 2 is 2.12 bits per heavy atom. The van der Waals surface area contributed by atoms with Crippen LogP contribution in [0.4, 0.5) is 0 Å². The van der Waals surface area contributed by atoms with E-state index in [9.17, 15) is 0 Å². The maximum absolute atomic E-state index is 4.69. The summed E-state index contributed by atoms with van der Waals surface area (Å²) in [4.78, 5) is 7.28. The molecule has 0 bridgehead atoms. The molecule has 2 heteroatoms. The van der Waals surface area contributed by atoms with E-state index in [0.717, 1.165) is 5.69 Å². The zero-order chi connectivity index (χ0) is 11.5. The van der Waals surface area contributed by atoms with E-state index in [1.54, 1.807) is 0 Å². The molecular formula is C14H22N2. The van der Waals surface area contributed by atoms with Crippen molar-refractivity contribution in [2.75, 3.05) is 6.54 Å². The number of pyridine rings is 1. The van der Waals surface area contributed by atoms with Crippen LogP contribution in [0.5, 0.6) is 0 Å². The van der Waals surface area contributed by atoms with Crippen LogP contribution in [-0.4, -0.2) is 22.5 Å². The third-order valence-corrected chi connectivity index (χ3v) is 3.46. The van der Waals surface area contributed by atoms with Crippen LogP contribution in [0.15, 0.2) is 18.2 Å². The Hall–Kier alpha value is -0.890. The molecule has 2 heterocycles. The predicted molar refractivity (Wildman–Crippen MR) is 67.4 cm³/mol. The number of piperidine rings is 1. The molecule has 2 nitrogen and oxygen atoms in total. The molecule has 88 valence electrons. The molecule has 1 aromatic heterocycles. The second-order valence-corrected chi connectivity index (χ2v) is 5.05. The molecule has 0 aromatic carbocycles. The van der Waals surface area contributed by atoms with Gasteiger partial charge in [-0.25, -0.2) is 0 Å². The number of nitrogens with zero attached hydrogens (tertiary/aromatic N) is 2. The van der Waals surface area contributed by atoms with Gasteiger partial charge in [-0.15, -0.1) is 0 Å². The summed E-state index contributed by atoms with van der Waals surface area (Å²) < 4.78 is 0. The number of hydrogen-bond donors (Lipinski definition) is 0. The Morgan fingerprint density at radius 1 is 1.31 bits per heavy atom. The Labute approximate surface area is 98.7 Å². The summed E-state index contributed by atoms with van der Waals surface area (Å²) in [5, 5.41) is 0. The Balaban J connectivity index is 2.23. The van der Waals surface area contributed by atoms with E-state index in [2.05, 4.69) is 48.9 Å². The van der Waals surface area contributed by atoms with Gasteiger partial charge in [0.05, 0.1) is 11.7 Å². The topological polar surface area (TPSA) is 16.1 Å². The lowest BCUT2D eigenvalue weighted by Crippen LogP contribution is -2.38. The molecule has 0 spiro atoms. The fourth-order valence-electron chi connectivity index (χ4n) is 2.64. The van der Waals surface area contributed by atoms with Crippen molar-refractivity contribution >= 4 is 0 Å². The normalized spacial score (nSPS) is 22.6. The van der Waals surface area contributed by atoms with Crippen LogP contribution in [0, 0.1) is 6.92 Å². The second kappa shape index (κ2) is 4.96. The van der Waals surface area contributed by atoms with Gasteiger partial charge >= 0.3 is 0 Å². The minimum Gasteiger partial charge on any atom is -0.292 e. The predicted octanol–water partition coefficient (Wildman–Crippen LogP) is 3.33. The number of aromatic nitrogens is 1. The van der Waals surface area contributed by atoms with Crippen LogP contribution in [0.2, 0.25) is 0 Å². The highest BCUT2D eigenvalue weighted by atomic mass is 15.2. The van der Waals surface area contributed by atoms with Crippen molar-refractivity contribution in [2.45, 2.75) is 52.1 Å². The summed E-state index contributed by atoms with van der Waals surface area (Å²) in [5.41, 5.74) is 2.39. The first kappa shape index (κ1) is 11.6. The monoisotopic (exact) mass is 218 g/mol. The third kappa shape index (κ3) is 2.43. The molecule has 0 amide bonds. The van der Waals surface area contributed by atoms with Gasteiger partial charge in [-0.05, 0) is 52.3 Å². The van der Waals surface area contributed by atoms with Gasteiger partial charge in [0.15, 0.2) is 0 Å². The van der Waals surface area contributed by atoms with E-state index in [4.69, 9.17) is 0 Å². The molecule has 1 unspecified atom stereocenters. The molecule has 1 aromatic rings. The summed E-state index contributed by atoms with van der Waals surface area (Å²) in [6.45, 7) is 7.87. The minimum absolute atomic E-state index is 0.536. The smallest absolute Gasteiger partial charge is 0.0578 e. The van der Waals surface area contributed by atoms with Gasteiger partial charge in [0.1, 0.15) is 0 Å². The third-order valence-electron chi connectivity index (χ3n) is 3.46. The lowest BCUT2D eigenvalue weighted by atomic mass is 9.97. The first-order chi connectivity index (χ1) is 7.68. The van der Waals surface area contributed by atoms with Gasteiger partial charge in [-0.1, -0.05) is 12.5 Å². The molecular weight excluding hydrogens is 196 g/mol. The van der Waals surface area contributed by atoms with E-state index >= 15 is 0 Å². The van der Waals surface area contributed by atoms with Crippen molar-refractivity contribution < 1.29 is 0 Å². The van der Waals surface area contributed by atoms with Crippen LogP contribution in [-0.2, 0) is 0 Å². The first-order valence-corrected chi connectivity index (χ1v) is 6.38. The summed E-state index contributed by atoms with van der Waals surface area (Å²) in [5.74, 6) is 0. The lowest BCUT2D eigenvalue weighted by Gasteiger charge is -2.38. The lowest BCUT2D eigenvalue weighted by molar-refractivity contribution is 0.109. The maximum atomic E-state index is 4.69. The number of rotatable bonds is 2. The van der Waals surface area contributed by atoms with Crippen LogP contribution in [0.1, 0.15) is 50.5 Å². The maximum Gasteiger partial charge on any atom is 0.0578 e. The van der Waals surface area contributed by atoms with Gasteiger partial charge in [0.25, 0.3) is 0 Å². The molecule has 2 rings (SSSR count). The van der Waals surface area contributed by atoms with Crippen LogP contribution < -0.4 is 0 Å². The van der Waals surface area contributed by atoms with E-state index in [-0.39, 0.29) is 0 Å². The van der Waals surface area contributed by atoms with Gasteiger partial charge in [0, 0.05) is 11.7 Å². The average molecular weight is 218 g/mol. The summed E-state index contributed by atoms with van der Waals surface area (Å²) in [6.07, 6.45) is 3.93. The van der Waals surface area contributed by atoms with Crippen molar-refractivity contribution in [3.63, 3.8) is 0 Å². The summed E-state index contributed by atoms with van der Waals surface area (Å²) in [7, 11) is 0. The highest BCUT2D eigenvalue weighted by molar-refractivity contribution is 5.14. The zero-order valence-electron chi connectivity index (χ0n) is 10.6. The van der Waals surface area contributed by atoms with Gasteiger partial charge in [-0.3, -0.25) is 9.88 Å². The van der Waals surface area contributed by atoms with Crippen molar-refractivity contribution in [1.29, 1.82) is 0 Å². The molecule has 1 aliphatic heterocycles. The second-order valence-electron chi connectivity index (χ2n) is 5.05. The van der Waals surface area contributed by atoms with Gasteiger partial charge < -0.3 is 0 Å². The molecule has 1 atom stereocenters. The van der Waals surface area contributed by atoms with Crippen molar-refractivity contribution in [3.05, 3.63) is 29.6 Å². The number of hydrogen-bond acceptors (Lipinski definition) is 2. The average Bonchev–Trinajstić information content (AvgIpc) is 2.29. The summed E-state index contributed by atoms with van der Waals surface area (Å²) in [6, 6.07) is 7.54. The Morgan fingerprint density at radius 3 is 2.81 bits per heavy atom. The molecule has 0 radical (unpaired) electrons. The van der Waals surface area contributed by atoms with Crippen molar-refractivity contribution in [1.82, 2.24) is 9.88 Å². The van der Waals surface area contributed by atoms with Crippen molar-refractivity contribution in [3.8, 4) is 0 Å². The number of aryl methyl sites for hydroxylation is 1. The van der Waals surface area contributed by atoms with E-state index in [1.165, 1.54) is 31.5 Å². The van der Waals surface area contributed by atoms with E-state index in [0.29, 0.717) is 12.1 Å². The zero-order valence-corrected chi connectivity index (χ0v) is 10.6. The fourth-order valence-corrected chi connectivity index (χ4v) is 2.64. The highest BCUT2D eigenvalue weighted by Gasteiger charge is 2.26. The highest BCUT2D eigenvalue weighted by Crippen LogP contribution is 2.31. The van der Waals surface area contributed by atoms with Crippen LogP contribution >= 0.6 is 0 Å². The summed E-state index contributed by atoms with van der Waals surface area (Å²) >= 11 is 0. The van der Waals surface area contributed by atoms with E-state index in [1.807, 2.05) is 0 Å². The van der Waals surface area contributed by atoms with Gasteiger partial charge in [0.2, 0.25) is 0 Å². The largest absolute Gasteiger partial charge is 0.292 e. The van der Waals surface area contributed by atoms with E-state index < -0.39 is 0 Å². The van der Waals surface area contributed by atoms with Crippen molar-refractivity contribution in [2.24, 2.45) is 0 Å². The standard InChI is InChI=1S/C14H22N2/c1-11(2)16-10-5-4-9-14(16)13-8-6-7-12(3)15-13/h6-8,11,14H,4-5,9-10H2,1-3H3. The SMILES string of the molecule is Cc1cccc(C2CCCCN2C(C)C)n1. The van der Waals surface area contributed by atoms with Crippen LogP contribution in [0.25, 0.3) is 0 Å². The quantitative estimate of drug-likeness (QED) is 0.757. The van der Waals surface area contributed by atoms with Gasteiger partial charge in [-0.2, -0.15) is 0 Å². The molecule has 1 saturated heterocycles. The molecule has 0 aliphatic carbocycles. The first-order valence-electron chi connectivity index (χ1n) is 6.38. The molecule has 16 heavy (non-hydrogen) atoms.